The summed E-state index contributed by atoms with van der Waals surface area (Å²) in [4.78, 5) is 2.09. The highest BCUT2D eigenvalue weighted by atomic mass is 79.9. The van der Waals surface area contributed by atoms with E-state index >= 15 is 0 Å². The van der Waals surface area contributed by atoms with Crippen molar-refractivity contribution in [3.05, 3.63) is 56.5 Å². The SMILES string of the molecule is CC(C)NCc1ccc(Sc2cc(Cl)ccc2Cl)cc1Br. The Morgan fingerprint density at radius 1 is 1.14 bits per heavy atom. The summed E-state index contributed by atoms with van der Waals surface area (Å²) >= 11 is 17.5. The van der Waals surface area contributed by atoms with Crippen molar-refractivity contribution < 1.29 is 0 Å². The molecule has 0 spiro atoms. The lowest BCUT2D eigenvalue weighted by Gasteiger charge is -2.11. The van der Waals surface area contributed by atoms with Crippen molar-refractivity contribution in [1.29, 1.82) is 0 Å². The Balaban J connectivity index is 2.14. The second-order valence-electron chi connectivity index (χ2n) is 4.97. The van der Waals surface area contributed by atoms with Crippen LogP contribution < -0.4 is 5.32 Å². The van der Waals surface area contributed by atoms with E-state index in [1.165, 1.54) is 5.56 Å². The molecule has 0 aliphatic carbocycles. The molecule has 1 N–H and O–H groups in total. The van der Waals surface area contributed by atoms with Crippen molar-refractivity contribution in [3.8, 4) is 0 Å². The minimum absolute atomic E-state index is 0.469. The zero-order chi connectivity index (χ0) is 15.4. The normalized spacial score (nSPS) is 11.1. The Morgan fingerprint density at radius 3 is 2.57 bits per heavy atom. The molecular weight excluding hydrogens is 389 g/mol. The summed E-state index contributed by atoms with van der Waals surface area (Å²) in [5.41, 5.74) is 1.24. The predicted octanol–water partition coefficient (Wildman–Crippen LogP) is 6.41. The average molecular weight is 405 g/mol. The van der Waals surface area contributed by atoms with Gasteiger partial charge in [0, 0.05) is 31.9 Å². The summed E-state index contributed by atoms with van der Waals surface area (Å²) in [6.45, 7) is 5.12. The molecule has 2 aromatic rings. The average Bonchev–Trinajstić information content (AvgIpc) is 2.42. The largest absolute Gasteiger partial charge is 0.310 e. The molecule has 0 unspecified atom stereocenters. The molecular formula is C16H16BrCl2NS. The third-order valence-corrected chi connectivity index (χ3v) is 5.31. The van der Waals surface area contributed by atoms with Crippen LogP contribution in [0.4, 0.5) is 0 Å². The highest BCUT2D eigenvalue weighted by Gasteiger charge is 2.07. The first-order valence-corrected chi connectivity index (χ1v) is 8.97. The molecule has 1 nitrogen and oxygen atoms in total. The lowest BCUT2D eigenvalue weighted by molar-refractivity contribution is 0.587. The van der Waals surface area contributed by atoms with Gasteiger partial charge in [0.25, 0.3) is 0 Å². The van der Waals surface area contributed by atoms with Gasteiger partial charge in [-0.25, -0.2) is 0 Å². The Morgan fingerprint density at radius 2 is 1.90 bits per heavy atom. The Hall–Kier alpha value is -0.190. The maximum absolute atomic E-state index is 6.20. The molecule has 0 atom stereocenters. The first-order valence-electron chi connectivity index (χ1n) is 6.60. The number of nitrogens with one attached hydrogen (secondary N) is 1. The van der Waals surface area contributed by atoms with Gasteiger partial charge >= 0.3 is 0 Å². The van der Waals surface area contributed by atoms with E-state index in [1.807, 2.05) is 12.1 Å². The molecule has 0 saturated carbocycles. The standard InChI is InChI=1S/C16H16BrCl2NS/c1-10(2)20-9-11-3-5-13(8-14(11)17)21-16-7-12(18)4-6-15(16)19/h3-8,10,20H,9H2,1-2H3. The van der Waals surface area contributed by atoms with E-state index in [0.717, 1.165) is 20.8 Å². The van der Waals surface area contributed by atoms with Crippen LogP contribution in [0.3, 0.4) is 0 Å². The third-order valence-electron chi connectivity index (χ3n) is 2.85. The number of benzene rings is 2. The Labute approximate surface area is 148 Å². The zero-order valence-corrected chi connectivity index (χ0v) is 15.7. The summed E-state index contributed by atoms with van der Waals surface area (Å²) < 4.78 is 1.10. The molecule has 0 aliphatic heterocycles. The maximum atomic E-state index is 6.20. The van der Waals surface area contributed by atoms with Gasteiger partial charge in [-0.15, -0.1) is 0 Å². The monoisotopic (exact) mass is 403 g/mol. The van der Waals surface area contributed by atoms with Crippen LogP contribution in [0.15, 0.2) is 50.7 Å². The molecule has 0 heterocycles. The van der Waals surface area contributed by atoms with Crippen LogP contribution in [0.5, 0.6) is 0 Å². The summed E-state index contributed by atoms with van der Waals surface area (Å²) in [6, 6.07) is 12.3. The van der Waals surface area contributed by atoms with Crippen LogP contribution >= 0.6 is 50.9 Å². The summed E-state index contributed by atoms with van der Waals surface area (Å²) in [5, 5.41) is 4.82. The molecule has 5 heteroatoms. The van der Waals surface area contributed by atoms with Crippen LogP contribution in [-0.4, -0.2) is 6.04 Å². The topological polar surface area (TPSA) is 12.0 Å². The van der Waals surface area contributed by atoms with Crippen molar-refractivity contribution in [2.45, 2.75) is 36.2 Å². The second-order valence-corrected chi connectivity index (χ2v) is 7.78. The highest BCUT2D eigenvalue weighted by Crippen LogP contribution is 2.36. The van der Waals surface area contributed by atoms with Gasteiger partial charge in [-0.3, -0.25) is 0 Å². The van der Waals surface area contributed by atoms with E-state index in [0.29, 0.717) is 16.1 Å². The van der Waals surface area contributed by atoms with Crippen LogP contribution in [-0.2, 0) is 6.54 Å². The fourth-order valence-electron chi connectivity index (χ4n) is 1.73. The Bertz CT molecular complexity index is 632. The molecule has 0 amide bonds. The fraction of sp³-hybridized carbons (Fsp3) is 0.250. The quantitative estimate of drug-likeness (QED) is 0.618. The number of hydrogen-bond acceptors (Lipinski definition) is 2. The minimum Gasteiger partial charge on any atom is -0.310 e. The van der Waals surface area contributed by atoms with Crippen molar-refractivity contribution >= 4 is 50.9 Å². The van der Waals surface area contributed by atoms with E-state index in [-0.39, 0.29) is 0 Å². The summed E-state index contributed by atoms with van der Waals surface area (Å²) in [7, 11) is 0. The highest BCUT2D eigenvalue weighted by molar-refractivity contribution is 9.10. The molecule has 21 heavy (non-hydrogen) atoms. The maximum Gasteiger partial charge on any atom is 0.0546 e. The number of rotatable bonds is 5. The lowest BCUT2D eigenvalue weighted by Crippen LogP contribution is -2.21. The van der Waals surface area contributed by atoms with Gasteiger partial charge in [0.15, 0.2) is 0 Å². The lowest BCUT2D eigenvalue weighted by atomic mass is 10.2. The molecule has 0 aromatic heterocycles. The molecule has 2 aromatic carbocycles. The van der Waals surface area contributed by atoms with Crippen LogP contribution in [0.1, 0.15) is 19.4 Å². The molecule has 0 fully saturated rings. The number of halogens is 3. The van der Waals surface area contributed by atoms with Crippen LogP contribution in [0, 0.1) is 0 Å². The second kappa shape index (κ2) is 7.89. The van der Waals surface area contributed by atoms with Crippen molar-refractivity contribution in [1.82, 2.24) is 5.32 Å². The summed E-state index contributed by atoms with van der Waals surface area (Å²) in [5.74, 6) is 0. The van der Waals surface area contributed by atoms with Gasteiger partial charge in [-0.2, -0.15) is 0 Å². The van der Waals surface area contributed by atoms with Gasteiger partial charge < -0.3 is 5.32 Å². The van der Waals surface area contributed by atoms with Gasteiger partial charge in [-0.1, -0.05) is 70.8 Å². The van der Waals surface area contributed by atoms with E-state index in [1.54, 1.807) is 17.8 Å². The smallest absolute Gasteiger partial charge is 0.0546 e. The van der Waals surface area contributed by atoms with E-state index in [2.05, 4.69) is 53.3 Å². The Kier molecular flexibility index (Phi) is 6.45. The van der Waals surface area contributed by atoms with Gasteiger partial charge in [0.1, 0.15) is 0 Å². The predicted molar refractivity (Wildman–Crippen MR) is 96.7 cm³/mol. The molecule has 0 aliphatic rings. The van der Waals surface area contributed by atoms with Crippen molar-refractivity contribution in [2.24, 2.45) is 0 Å². The van der Waals surface area contributed by atoms with Crippen LogP contribution in [0.25, 0.3) is 0 Å². The van der Waals surface area contributed by atoms with E-state index in [9.17, 15) is 0 Å². The minimum atomic E-state index is 0.469. The molecule has 0 bridgehead atoms. The zero-order valence-electron chi connectivity index (χ0n) is 11.8. The molecule has 0 radical (unpaired) electrons. The van der Waals surface area contributed by atoms with E-state index in [4.69, 9.17) is 23.2 Å². The summed E-state index contributed by atoms with van der Waals surface area (Å²) in [6.07, 6.45) is 0. The van der Waals surface area contributed by atoms with Crippen molar-refractivity contribution in [2.75, 3.05) is 0 Å². The van der Waals surface area contributed by atoms with Gasteiger partial charge in [-0.05, 0) is 35.9 Å². The van der Waals surface area contributed by atoms with Gasteiger partial charge in [0.05, 0.1) is 5.02 Å². The first-order chi connectivity index (χ1) is 9.95. The first kappa shape index (κ1) is 17.2. The van der Waals surface area contributed by atoms with Gasteiger partial charge in [0.2, 0.25) is 0 Å². The third kappa shape index (κ3) is 5.19. The molecule has 112 valence electrons. The number of hydrogen-bond donors (Lipinski definition) is 1. The fourth-order valence-corrected chi connectivity index (χ4v) is 3.79. The van der Waals surface area contributed by atoms with Crippen molar-refractivity contribution in [3.63, 3.8) is 0 Å². The van der Waals surface area contributed by atoms with E-state index < -0.39 is 0 Å². The van der Waals surface area contributed by atoms with Crippen LogP contribution in [0.2, 0.25) is 10.0 Å². The molecule has 0 saturated heterocycles. The molecule has 2 rings (SSSR count).